The molecule has 0 aliphatic carbocycles. The highest BCUT2D eigenvalue weighted by Crippen LogP contribution is 2.21. The van der Waals surface area contributed by atoms with Gasteiger partial charge in [0.05, 0.1) is 26.6 Å². The van der Waals surface area contributed by atoms with Crippen LogP contribution in [0.5, 0.6) is 12.0 Å². The van der Waals surface area contributed by atoms with Gasteiger partial charge in [-0.05, 0) is 11.8 Å². The fourth-order valence-corrected chi connectivity index (χ4v) is 3.62. The van der Waals surface area contributed by atoms with Gasteiger partial charge in [-0.3, -0.25) is 14.2 Å². The minimum absolute atomic E-state index is 0.0931. The molecule has 0 bridgehead atoms. The maximum atomic E-state index is 12.8. The molecule has 43 heavy (non-hydrogen) atoms. The number of nitrogens with zero attached hydrogens (tertiary/aromatic N) is 7. The topological polar surface area (TPSA) is 151 Å². The number of fused-ring (bicyclic) bond motifs is 2. The standard InChI is InChI=1S/C15H22N4O2.C11H14N4O2.C4H9I/c1-9(2)8-19-12-10(7-16-14(18-12)21-6)17-11(13(19)20)15(3,4)5;1-11(2,3)7-9(16)14-8-6(13-7)5-12-10(15-8)17-4;1-4(2)3-5/h7,9H,8H2,1-6H3;5H,1-4H3,(H,12,14,15,16);4H,3H2,1-2H3. The van der Waals surface area contributed by atoms with Crippen molar-refractivity contribution in [2.24, 2.45) is 11.8 Å². The van der Waals surface area contributed by atoms with Gasteiger partial charge in [0.15, 0.2) is 11.3 Å². The first-order valence-electron chi connectivity index (χ1n) is 14.1. The molecule has 0 atom stereocenters. The lowest BCUT2D eigenvalue weighted by atomic mass is 9.92. The Hall–Kier alpha value is -3.23. The van der Waals surface area contributed by atoms with E-state index < -0.39 is 0 Å². The van der Waals surface area contributed by atoms with E-state index in [0.29, 0.717) is 46.2 Å². The molecule has 0 aliphatic rings. The molecular weight excluding hydrogens is 663 g/mol. The first kappa shape index (κ1) is 36.0. The number of hydrogen-bond acceptors (Lipinski definition) is 10. The van der Waals surface area contributed by atoms with Crippen LogP contribution in [0.15, 0.2) is 22.0 Å². The van der Waals surface area contributed by atoms with Gasteiger partial charge in [-0.15, -0.1) is 0 Å². The van der Waals surface area contributed by atoms with Crippen LogP contribution >= 0.6 is 22.6 Å². The highest BCUT2D eigenvalue weighted by molar-refractivity contribution is 14.1. The molecule has 0 unspecified atom stereocenters. The van der Waals surface area contributed by atoms with Crippen molar-refractivity contribution in [1.29, 1.82) is 0 Å². The zero-order valence-electron chi connectivity index (χ0n) is 27.4. The highest BCUT2D eigenvalue weighted by Gasteiger charge is 2.24. The van der Waals surface area contributed by atoms with Crippen molar-refractivity contribution in [3.05, 3.63) is 44.5 Å². The van der Waals surface area contributed by atoms with E-state index in [-0.39, 0.29) is 34.0 Å². The van der Waals surface area contributed by atoms with Crippen molar-refractivity contribution in [2.75, 3.05) is 18.6 Å². The number of hydrogen-bond donors (Lipinski definition) is 1. The molecule has 0 fully saturated rings. The monoisotopic (exact) mass is 708 g/mol. The van der Waals surface area contributed by atoms with E-state index in [0.717, 1.165) is 5.92 Å². The van der Waals surface area contributed by atoms with E-state index in [9.17, 15) is 9.59 Å². The summed E-state index contributed by atoms with van der Waals surface area (Å²) in [6.45, 7) is 20.9. The quantitative estimate of drug-likeness (QED) is 0.215. The maximum Gasteiger partial charge on any atom is 0.318 e. The van der Waals surface area contributed by atoms with E-state index in [2.05, 4.69) is 85.2 Å². The van der Waals surface area contributed by atoms with Crippen molar-refractivity contribution >= 4 is 44.9 Å². The summed E-state index contributed by atoms with van der Waals surface area (Å²) in [4.78, 5) is 52.5. The smallest absolute Gasteiger partial charge is 0.318 e. The summed E-state index contributed by atoms with van der Waals surface area (Å²) >= 11 is 2.38. The lowest BCUT2D eigenvalue weighted by Crippen LogP contribution is -2.34. The lowest BCUT2D eigenvalue weighted by Gasteiger charge is -2.20. The van der Waals surface area contributed by atoms with Gasteiger partial charge in [0, 0.05) is 21.8 Å². The van der Waals surface area contributed by atoms with Gasteiger partial charge in [-0.2, -0.15) is 9.97 Å². The fraction of sp³-hybridized carbons (Fsp3) is 0.600. The molecule has 0 saturated heterocycles. The van der Waals surface area contributed by atoms with Gasteiger partial charge in [0.1, 0.15) is 22.4 Å². The Morgan fingerprint density at radius 1 is 0.791 bits per heavy atom. The number of halogens is 1. The van der Waals surface area contributed by atoms with E-state index >= 15 is 0 Å². The first-order valence-corrected chi connectivity index (χ1v) is 15.6. The van der Waals surface area contributed by atoms with E-state index in [4.69, 9.17) is 9.47 Å². The maximum absolute atomic E-state index is 12.8. The van der Waals surface area contributed by atoms with Crippen LogP contribution < -0.4 is 20.6 Å². The summed E-state index contributed by atoms with van der Waals surface area (Å²) in [6, 6.07) is 0.447. The number of ether oxygens (including phenoxy) is 2. The second-order valence-electron chi connectivity index (χ2n) is 12.9. The summed E-state index contributed by atoms with van der Waals surface area (Å²) in [5, 5.41) is 0. The average molecular weight is 709 g/mol. The van der Waals surface area contributed by atoms with Crippen molar-refractivity contribution in [1.82, 2.24) is 39.5 Å². The summed E-state index contributed by atoms with van der Waals surface area (Å²) in [5.41, 5.74) is 2.10. The Kier molecular flexibility index (Phi) is 12.5. The first-order chi connectivity index (χ1) is 19.9. The van der Waals surface area contributed by atoms with Gasteiger partial charge >= 0.3 is 12.0 Å². The molecule has 0 saturated carbocycles. The molecule has 12 nitrogen and oxygen atoms in total. The molecule has 0 aliphatic heterocycles. The number of rotatable bonds is 5. The fourth-order valence-electron chi connectivity index (χ4n) is 3.62. The van der Waals surface area contributed by atoms with Crippen molar-refractivity contribution in [3.8, 4) is 12.0 Å². The van der Waals surface area contributed by atoms with Crippen LogP contribution in [0.4, 0.5) is 0 Å². The largest absolute Gasteiger partial charge is 0.467 e. The van der Waals surface area contributed by atoms with Crippen LogP contribution in [-0.4, -0.2) is 58.1 Å². The molecule has 4 aromatic heterocycles. The molecular formula is C30H45IN8O4. The predicted molar refractivity (Wildman–Crippen MR) is 179 cm³/mol. The molecule has 0 radical (unpaired) electrons. The molecule has 0 spiro atoms. The van der Waals surface area contributed by atoms with E-state index in [1.54, 1.807) is 10.8 Å². The normalized spacial score (nSPS) is 11.7. The number of nitrogens with one attached hydrogen (secondary N) is 1. The zero-order valence-corrected chi connectivity index (χ0v) is 29.5. The second-order valence-corrected chi connectivity index (χ2v) is 13.8. The highest BCUT2D eigenvalue weighted by atomic mass is 127. The number of aromatic amines is 1. The Labute approximate surface area is 266 Å². The van der Waals surface area contributed by atoms with Gasteiger partial charge in [-0.1, -0.05) is 91.8 Å². The summed E-state index contributed by atoms with van der Waals surface area (Å²) < 4.78 is 12.9. The minimum atomic E-state index is -0.329. The Morgan fingerprint density at radius 3 is 1.74 bits per heavy atom. The molecule has 4 aromatic rings. The van der Waals surface area contributed by atoms with E-state index in [1.165, 1.54) is 24.8 Å². The van der Waals surface area contributed by atoms with Crippen molar-refractivity contribution in [3.63, 3.8) is 0 Å². The molecule has 0 amide bonds. The van der Waals surface area contributed by atoms with Gasteiger partial charge < -0.3 is 14.5 Å². The number of aromatic nitrogens is 8. The summed E-state index contributed by atoms with van der Waals surface area (Å²) in [5.74, 6) is 1.19. The van der Waals surface area contributed by atoms with Crippen LogP contribution in [-0.2, 0) is 17.4 Å². The minimum Gasteiger partial charge on any atom is -0.467 e. The van der Waals surface area contributed by atoms with Crippen LogP contribution in [0.3, 0.4) is 0 Å². The van der Waals surface area contributed by atoms with Gasteiger partial charge in [-0.25, -0.2) is 19.9 Å². The third-order valence-corrected chi connectivity index (χ3v) is 7.49. The molecule has 13 heteroatoms. The molecule has 4 heterocycles. The molecule has 0 aromatic carbocycles. The van der Waals surface area contributed by atoms with E-state index in [1.807, 2.05) is 41.5 Å². The third-order valence-electron chi connectivity index (χ3n) is 5.73. The zero-order chi connectivity index (χ0) is 32.7. The number of methoxy groups -OCH3 is 2. The predicted octanol–water partition coefficient (Wildman–Crippen LogP) is 5.25. The van der Waals surface area contributed by atoms with Gasteiger partial charge in [0.25, 0.3) is 11.1 Å². The average Bonchev–Trinajstić information content (AvgIpc) is 2.92. The SMILES string of the molecule is CC(C)CI.COc1ncc2nc(C(C)(C)C)c(=O)[nH]c2n1.COc1ncc2nc(C(C)(C)C)c(=O)n(CC(C)C)c2n1. The Morgan fingerprint density at radius 2 is 1.28 bits per heavy atom. The summed E-state index contributed by atoms with van der Waals surface area (Å²) in [6.07, 6.45) is 3.14. The lowest BCUT2D eigenvalue weighted by molar-refractivity contribution is 0.380. The molecule has 236 valence electrons. The van der Waals surface area contributed by atoms with Gasteiger partial charge in [0.2, 0.25) is 0 Å². The Bertz CT molecular complexity index is 1640. The molecule has 1 N–H and O–H groups in total. The van der Waals surface area contributed by atoms with Crippen molar-refractivity contribution in [2.45, 2.75) is 86.6 Å². The van der Waals surface area contributed by atoms with Crippen LogP contribution in [0, 0.1) is 11.8 Å². The second kappa shape index (κ2) is 15.0. The Balaban J connectivity index is 0.000000264. The van der Waals surface area contributed by atoms with Crippen molar-refractivity contribution < 1.29 is 9.47 Å². The van der Waals surface area contributed by atoms with Crippen LogP contribution in [0.25, 0.3) is 22.3 Å². The number of alkyl halides is 1. The third kappa shape index (κ3) is 9.90. The molecule has 4 rings (SSSR count). The number of H-pyrrole nitrogens is 1. The summed E-state index contributed by atoms with van der Waals surface area (Å²) in [7, 11) is 2.97. The van der Waals surface area contributed by atoms with Crippen LogP contribution in [0.2, 0.25) is 0 Å². The van der Waals surface area contributed by atoms with Crippen LogP contribution in [0.1, 0.15) is 80.6 Å².